The normalized spacial score (nSPS) is 19.6. The van der Waals surface area contributed by atoms with E-state index in [4.69, 9.17) is 4.74 Å². The molecule has 1 aliphatic heterocycles. The van der Waals surface area contributed by atoms with E-state index in [-0.39, 0.29) is 0 Å². The molecule has 0 bridgehead atoms. The van der Waals surface area contributed by atoms with E-state index in [2.05, 4.69) is 22.6 Å². The summed E-state index contributed by atoms with van der Waals surface area (Å²) in [6, 6.07) is 1.84. The molecule has 0 radical (unpaired) electrons. The molecule has 1 saturated heterocycles. The van der Waals surface area contributed by atoms with Gasteiger partial charge in [0.1, 0.15) is 0 Å². The number of rotatable bonds is 4. The molecule has 5 heteroatoms. The van der Waals surface area contributed by atoms with Crippen LogP contribution < -0.4 is 0 Å². The van der Waals surface area contributed by atoms with E-state index in [9.17, 15) is 0 Å². The number of ether oxygens (including phenoxy) is 1. The van der Waals surface area contributed by atoms with Gasteiger partial charge in [0.15, 0.2) is 5.16 Å². The Labute approximate surface area is 106 Å². The summed E-state index contributed by atoms with van der Waals surface area (Å²) in [5, 5.41) is 0.857. The monoisotopic (exact) mass is 256 g/mol. The van der Waals surface area contributed by atoms with Gasteiger partial charge in [-0.05, 0) is 30.1 Å². The molecule has 1 fully saturated rings. The maximum absolute atomic E-state index is 5.40. The van der Waals surface area contributed by atoms with Crippen molar-refractivity contribution < 1.29 is 4.74 Å². The molecule has 0 aliphatic carbocycles. The quantitative estimate of drug-likeness (QED) is 0.509. The van der Waals surface area contributed by atoms with E-state index in [0.717, 1.165) is 42.7 Å². The second kappa shape index (κ2) is 5.89. The summed E-state index contributed by atoms with van der Waals surface area (Å²) >= 11 is 6.21. The summed E-state index contributed by atoms with van der Waals surface area (Å²) in [6.07, 6.45) is 5.76. The molecule has 1 aliphatic rings. The molecular formula is C11H16N2OS2. The first kappa shape index (κ1) is 12.2. The minimum absolute atomic E-state index is 0.297. The van der Waals surface area contributed by atoms with Crippen molar-refractivity contribution in [1.29, 1.82) is 0 Å². The standard InChI is InChI=1S/C11H16N2OS2/c15-8-11(2-6-14-7-3-11)9-16-10-12-4-1-5-13-10/h1,4-5,15H,2-3,6-9H2. The first-order valence-electron chi connectivity index (χ1n) is 5.43. The molecule has 0 spiro atoms. The van der Waals surface area contributed by atoms with E-state index < -0.39 is 0 Å². The Balaban J connectivity index is 1.92. The zero-order chi connectivity index (χ0) is 11.3. The van der Waals surface area contributed by atoms with Crippen molar-refractivity contribution in [3.63, 3.8) is 0 Å². The van der Waals surface area contributed by atoms with Gasteiger partial charge in [0, 0.05) is 31.4 Å². The molecule has 0 unspecified atom stereocenters. The Morgan fingerprint density at radius 1 is 1.31 bits per heavy atom. The van der Waals surface area contributed by atoms with Crippen LogP contribution in [0.5, 0.6) is 0 Å². The summed E-state index contributed by atoms with van der Waals surface area (Å²) in [6.45, 7) is 1.72. The van der Waals surface area contributed by atoms with Crippen LogP contribution in [0.1, 0.15) is 12.8 Å². The summed E-state index contributed by atoms with van der Waals surface area (Å²) < 4.78 is 5.40. The SMILES string of the molecule is SCC1(CSc2ncccn2)CCOCC1. The Hall–Kier alpha value is -0.260. The van der Waals surface area contributed by atoms with Gasteiger partial charge < -0.3 is 4.74 Å². The van der Waals surface area contributed by atoms with Crippen molar-refractivity contribution in [3.8, 4) is 0 Å². The maximum atomic E-state index is 5.40. The number of thiol groups is 1. The molecule has 1 aromatic rings. The van der Waals surface area contributed by atoms with Crippen LogP contribution in [-0.2, 0) is 4.74 Å². The first-order chi connectivity index (χ1) is 7.85. The van der Waals surface area contributed by atoms with Crippen LogP contribution in [0, 0.1) is 5.41 Å². The lowest BCUT2D eigenvalue weighted by Crippen LogP contribution is -2.33. The lowest BCUT2D eigenvalue weighted by molar-refractivity contribution is 0.0371. The molecule has 0 aromatic carbocycles. The fourth-order valence-corrected chi connectivity index (χ4v) is 3.41. The predicted molar refractivity (Wildman–Crippen MR) is 69.1 cm³/mol. The molecule has 0 amide bonds. The van der Waals surface area contributed by atoms with E-state index >= 15 is 0 Å². The van der Waals surface area contributed by atoms with Crippen molar-refractivity contribution in [3.05, 3.63) is 18.5 Å². The smallest absolute Gasteiger partial charge is 0.187 e. The number of thioether (sulfide) groups is 1. The maximum Gasteiger partial charge on any atom is 0.187 e. The van der Waals surface area contributed by atoms with Gasteiger partial charge in [0.05, 0.1) is 0 Å². The van der Waals surface area contributed by atoms with Gasteiger partial charge in [-0.25, -0.2) is 9.97 Å². The minimum atomic E-state index is 0.297. The van der Waals surface area contributed by atoms with Gasteiger partial charge in [0.25, 0.3) is 0 Å². The lowest BCUT2D eigenvalue weighted by atomic mass is 9.84. The Morgan fingerprint density at radius 2 is 2.00 bits per heavy atom. The zero-order valence-electron chi connectivity index (χ0n) is 9.13. The second-order valence-electron chi connectivity index (χ2n) is 4.09. The van der Waals surface area contributed by atoms with E-state index in [1.165, 1.54) is 0 Å². The number of hydrogen-bond acceptors (Lipinski definition) is 5. The molecule has 3 nitrogen and oxygen atoms in total. The van der Waals surface area contributed by atoms with Gasteiger partial charge in [-0.3, -0.25) is 0 Å². The van der Waals surface area contributed by atoms with Crippen LogP contribution in [0.3, 0.4) is 0 Å². The Bertz CT molecular complexity index is 315. The summed E-state index contributed by atoms with van der Waals surface area (Å²) in [5.41, 5.74) is 0.297. The number of aromatic nitrogens is 2. The van der Waals surface area contributed by atoms with Crippen LogP contribution in [-0.4, -0.2) is 34.7 Å². The highest BCUT2D eigenvalue weighted by molar-refractivity contribution is 7.99. The largest absolute Gasteiger partial charge is 0.381 e. The minimum Gasteiger partial charge on any atom is -0.381 e. The van der Waals surface area contributed by atoms with Crippen LogP contribution in [0.4, 0.5) is 0 Å². The van der Waals surface area contributed by atoms with Gasteiger partial charge in [-0.1, -0.05) is 11.8 Å². The molecular weight excluding hydrogens is 240 g/mol. The molecule has 0 atom stereocenters. The highest BCUT2D eigenvalue weighted by Gasteiger charge is 2.31. The number of nitrogens with zero attached hydrogens (tertiary/aromatic N) is 2. The van der Waals surface area contributed by atoms with Crippen molar-refractivity contribution >= 4 is 24.4 Å². The van der Waals surface area contributed by atoms with Gasteiger partial charge in [-0.2, -0.15) is 12.6 Å². The molecule has 88 valence electrons. The van der Waals surface area contributed by atoms with Gasteiger partial charge >= 0.3 is 0 Å². The summed E-state index contributed by atoms with van der Waals surface area (Å²) in [7, 11) is 0. The van der Waals surface area contributed by atoms with E-state index in [0.29, 0.717) is 5.41 Å². The van der Waals surface area contributed by atoms with Gasteiger partial charge in [0.2, 0.25) is 0 Å². The van der Waals surface area contributed by atoms with E-state index in [1.807, 2.05) is 6.07 Å². The van der Waals surface area contributed by atoms with E-state index in [1.54, 1.807) is 24.2 Å². The van der Waals surface area contributed by atoms with Crippen LogP contribution >= 0.6 is 24.4 Å². The Morgan fingerprint density at radius 3 is 2.62 bits per heavy atom. The van der Waals surface area contributed by atoms with Crippen LogP contribution in [0.2, 0.25) is 0 Å². The predicted octanol–water partition coefficient (Wildman–Crippen LogP) is 2.30. The lowest BCUT2D eigenvalue weighted by Gasteiger charge is -2.35. The molecule has 2 heterocycles. The van der Waals surface area contributed by atoms with Crippen molar-refractivity contribution in [2.75, 3.05) is 24.7 Å². The number of hydrogen-bond donors (Lipinski definition) is 1. The molecule has 0 N–H and O–H groups in total. The highest BCUT2D eigenvalue weighted by atomic mass is 32.2. The molecule has 2 rings (SSSR count). The highest BCUT2D eigenvalue weighted by Crippen LogP contribution is 2.36. The molecule has 16 heavy (non-hydrogen) atoms. The third-order valence-electron chi connectivity index (χ3n) is 2.94. The fourth-order valence-electron chi connectivity index (χ4n) is 1.73. The average Bonchev–Trinajstić information content (AvgIpc) is 2.39. The fraction of sp³-hybridized carbons (Fsp3) is 0.636. The topological polar surface area (TPSA) is 35.0 Å². The van der Waals surface area contributed by atoms with Crippen LogP contribution in [0.25, 0.3) is 0 Å². The van der Waals surface area contributed by atoms with Gasteiger partial charge in [-0.15, -0.1) is 0 Å². The third kappa shape index (κ3) is 3.12. The Kier molecular flexibility index (Phi) is 4.49. The third-order valence-corrected chi connectivity index (χ3v) is 4.83. The summed E-state index contributed by atoms with van der Waals surface area (Å²) in [5.74, 6) is 1.94. The molecule has 0 saturated carbocycles. The first-order valence-corrected chi connectivity index (χ1v) is 7.05. The van der Waals surface area contributed by atoms with Crippen molar-refractivity contribution in [1.82, 2.24) is 9.97 Å². The molecule has 1 aromatic heterocycles. The zero-order valence-corrected chi connectivity index (χ0v) is 10.8. The second-order valence-corrected chi connectivity index (χ2v) is 5.35. The summed E-state index contributed by atoms with van der Waals surface area (Å²) in [4.78, 5) is 8.45. The van der Waals surface area contributed by atoms with Crippen molar-refractivity contribution in [2.45, 2.75) is 18.0 Å². The van der Waals surface area contributed by atoms with Crippen molar-refractivity contribution in [2.24, 2.45) is 5.41 Å². The van der Waals surface area contributed by atoms with Crippen LogP contribution in [0.15, 0.2) is 23.6 Å². The average molecular weight is 256 g/mol.